The van der Waals surface area contributed by atoms with Gasteiger partial charge in [-0.1, -0.05) is 25.3 Å². The van der Waals surface area contributed by atoms with E-state index in [1.807, 2.05) is 13.0 Å². The lowest BCUT2D eigenvalue weighted by atomic mass is 9.45. The van der Waals surface area contributed by atoms with Crippen molar-refractivity contribution in [3.05, 3.63) is 11.6 Å². The fraction of sp³-hybridized carbons (Fsp3) is 0.741. The van der Waals surface area contributed by atoms with Crippen molar-refractivity contribution in [1.29, 1.82) is 0 Å². The predicted octanol–water partition coefficient (Wildman–Crippen LogP) is 3.99. The fourth-order valence-corrected chi connectivity index (χ4v) is 7.75. The number of carbonyl (C=O) groups excluding carboxylic acids is 3. The maximum Gasteiger partial charge on any atom is 0.508 e. The van der Waals surface area contributed by atoms with Crippen LogP contribution in [0.4, 0.5) is 14.4 Å². The van der Waals surface area contributed by atoms with E-state index >= 15 is 0 Å². The lowest BCUT2D eigenvalue weighted by Gasteiger charge is -2.61. The normalized spacial score (nSPS) is 41.9. The molecule has 0 amide bonds. The van der Waals surface area contributed by atoms with E-state index in [0.29, 0.717) is 38.5 Å². The Hall–Kier alpha value is -2.93. The zero-order valence-electron chi connectivity index (χ0n) is 22.0. The molecule has 204 valence electrons. The van der Waals surface area contributed by atoms with E-state index in [1.165, 1.54) is 21.3 Å². The smallest absolute Gasteiger partial charge is 0.438 e. The van der Waals surface area contributed by atoms with Gasteiger partial charge in [-0.2, -0.15) is 0 Å². The molecule has 0 spiro atoms. The molecule has 0 saturated heterocycles. The summed E-state index contributed by atoms with van der Waals surface area (Å²) in [6, 6.07) is 0. The van der Waals surface area contributed by atoms with Gasteiger partial charge in [0.15, 0.2) is 0 Å². The molecular weight excluding hydrogens is 484 g/mol. The first-order valence-electron chi connectivity index (χ1n) is 12.6. The molecule has 3 saturated carbocycles. The maximum absolute atomic E-state index is 12.4. The van der Waals surface area contributed by atoms with Gasteiger partial charge in [0.05, 0.1) is 21.3 Å². The van der Waals surface area contributed by atoms with E-state index in [2.05, 4.69) is 17.6 Å². The number of aliphatic hydroxyl groups is 1. The van der Waals surface area contributed by atoms with Crippen LogP contribution >= 0.6 is 0 Å². The minimum Gasteiger partial charge on any atom is -0.438 e. The topological polar surface area (TPSA) is 127 Å². The van der Waals surface area contributed by atoms with Gasteiger partial charge in [-0.15, -0.1) is 6.42 Å². The van der Waals surface area contributed by atoms with Crippen LogP contribution in [-0.2, 0) is 28.4 Å². The molecule has 0 radical (unpaired) electrons. The van der Waals surface area contributed by atoms with Crippen LogP contribution in [0.3, 0.4) is 0 Å². The number of terminal acetylenes is 1. The van der Waals surface area contributed by atoms with Crippen molar-refractivity contribution in [3.8, 4) is 12.3 Å². The number of hydrogen-bond donors (Lipinski definition) is 1. The van der Waals surface area contributed by atoms with Crippen LogP contribution in [0.1, 0.15) is 52.4 Å². The molecule has 10 nitrogen and oxygen atoms in total. The Kier molecular flexibility index (Phi) is 7.14. The summed E-state index contributed by atoms with van der Waals surface area (Å²) in [4.78, 5) is 36.6. The predicted molar refractivity (Wildman–Crippen MR) is 128 cm³/mol. The number of fused-ring (bicyclic) bond motifs is 5. The van der Waals surface area contributed by atoms with Crippen LogP contribution in [0, 0.1) is 40.9 Å². The molecule has 0 aliphatic heterocycles. The number of rotatable bonds is 3. The Bertz CT molecular complexity index is 1020. The van der Waals surface area contributed by atoms with Gasteiger partial charge < -0.3 is 33.5 Å². The summed E-state index contributed by atoms with van der Waals surface area (Å²) < 4.78 is 31.5. The van der Waals surface area contributed by atoms with Crippen molar-refractivity contribution in [3.63, 3.8) is 0 Å². The van der Waals surface area contributed by atoms with Crippen LogP contribution in [0.2, 0.25) is 0 Å². The summed E-state index contributed by atoms with van der Waals surface area (Å²) in [5.74, 6) is 1.88. The van der Waals surface area contributed by atoms with Crippen LogP contribution < -0.4 is 0 Å². The zero-order valence-corrected chi connectivity index (χ0v) is 22.0. The van der Waals surface area contributed by atoms with Gasteiger partial charge in [0.1, 0.15) is 23.9 Å². The zero-order chi connectivity index (χ0) is 27.2. The standard InChI is InChI=1S/C27H36O10/c1-7-27(31)11-9-17-20-18(36-23(29)33-5)13-15-12-16(35-22(28)32-4)8-10-25(15,2)21(20)19(14-26(17,27)3)37-24(30)34-6/h1,13,16-21,31H,8-12,14H2,2-6H3/t16-,17?,18?,19?,20?,21?,25-,26-,27-/m0/s1. The van der Waals surface area contributed by atoms with Gasteiger partial charge >= 0.3 is 18.5 Å². The first kappa shape index (κ1) is 27.1. The van der Waals surface area contributed by atoms with E-state index in [0.717, 1.165) is 5.57 Å². The Morgan fingerprint density at radius 3 is 2.22 bits per heavy atom. The summed E-state index contributed by atoms with van der Waals surface area (Å²) in [7, 11) is 3.74. The number of methoxy groups -OCH3 is 3. The molecular formula is C27H36O10. The third kappa shape index (κ3) is 4.31. The molecule has 5 unspecified atom stereocenters. The highest BCUT2D eigenvalue weighted by molar-refractivity contribution is 5.61. The summed E-state index contributed by atoms with van der Waals surface area (Å²) in [5, 5.41) is 11.5. The molecule has 10 heteroatoms. The maximum atomic E-state index is 12.4. The van der Waals surface area contributed by atoms with E-state index in [-0.39, 0.29) is 17.8 Å². The largest absolute Gasteiger partial charge is 0.508 e. The van der Waals surface area contributed by atoms with Crippen LogP contribution in [0.5, 0.6) is 0 Å². The van der Waals surface area contributed by atoms with Crippen LogP contribution in [-0.4, -0.2) is 68.8 Å². The van der Waals surface area contributed by atoms with Gasteiger partial charge in [-0.05, 0) is 49.5 Å². The van der Waals surface area contributed by atoms with Crippen molar-refractivity contribution in [2.45, 2.75) is 76.3 Å². The second-order valence-electron chi connectivity index (χ2n) is 11.1. The summed E-state index contributed by atoms with van der Waals surface area (Å²) >= 11 is 0. The van der Waals surface area contributed by atoms with Gasteiger partial charge in [0.2, 0.25) is 0 Å². The van der Waals surface area contributed by atoms with Crippen LogP contribution in [0.25, 0.3) is 0 Å². The average molecular weight is 521 g/mol. The first-order chi connectivity index (χ1) is 17.5. The molecule has 4 aliphatic carbocycles. The second kappa shape index (κ2) is 9.75. The molecule has 0 aromatic carbocycles. The molecule has 0 aromatic rings. The quantitative estimate of drug-likeness (QED) is 0.253. The van der Waals surface area contributed by atoms with Crippen molar-refractivity contribution in [2.24, 2.45) is 28.6 Å². The first-order valence-corrected chi connectivity index (χ1v) is 12.6. The molecule has 4 aliphatic rings. The van der Waals surface area contributed by atoms with Crippen LogP contribution in [0.15, 0.2) is 11.6 Å². The van der Waals surface area contributed by atoms with E-state index in [1.54, 1.807) is 0 Å². The monoisotopic (exact) mass is 520 g/mol. The Labute approximate surface area is 216 Å². The molecule has 0 bridgehead atoms. The highest BCUT2D eigenvalue weighted by Crippen LogP contribution is 2.68. The average Bonchev–Trinajstić information content (AvgIpc) is 3.14. The summed E-state index contributed by atoms with van der Waals surface area (Å²) in [5.41, 5.74) is -1.73. The SMILES string of the molecule is C#C[C@]1(O)CCC2C3C(OC(=O)OC)C=C4C[C@@H](OC(=O)OC)CC[C@]4(C)C3C(OC(=O)OC)C[C@@]21C. The Morgan fingerprint density at radius 2 is 1.59 bits per heavy atom. The molecule has 0 heterocycles. The highest BCUT2D eigenvalue weighted by Gasteiger charge is 2.69. The lowest BCUT2D eigenvalue weighted by molar-refractivity contribution is -0.179. The Balaban J connectivity index is 1.82. The third-order valence-corrected chi connectivity index (χ3v) is 9.61. The fourth-order valence-electron chi connectivity index (χ4n) is 7.75. The van der Waals surface area contributed by atoms with E-state index in [9.17, 15) is 19.5 Å². The van der Waals surface area contributed by atoms with Gasteiger partial charge in [0, 0.05) is 23.7 Å². The molecule has 0 aromatic heterocycles. The van der Waals surface area contributed by atoms with Crippen molar-refractivity contribution in [2.75, 3.05) is 21.3 Å². The van der Waals surface area contributed by atoms with Crippen molar-refractivity contribution < 1.29 is 47.9 Å². The van der Waals surface area contributed by atoms with Crippen molar-refractivity contribution in [1.82, 2.24) is 0 Å². The van der Waals surface area contributed by atoms with Crippen molar-refractivity contribution >= 4 is 18.5 Å². The summed E-state index contributed by atoms with van der Waals surface area (Å²) in [6.07, 6.45) is 6.46. The van der Waals surface area contributed by atoms with Gasteiger partial charge in [-0.3, -0.25) is 0 Å². The lowest BCUT2D eigenvalue weighted by Crippen LogP contribution is -2.63. The van der Waals surface area contributed by atoms with Gasteiger partial charge in [-0.25, -0.2) is 14.4 Å². The highest BCUT2D eigenvalue weighted by atomic mass is 16.7. The molecule has 9 atom stereocenters. The van der Waals surface area contributed by atoms with E-state index < -0.39 is 53.2 Å². The number of hydrogen-bond acceptors (Lipinski definition) is 10. The molecule has 37 heavy (non-hydrogen) atoms. The molecule has 4 rings (SSSR count). The third-order valence-electron chi connectivity index (χ3n) is 9.61. The van der Waals surface area contributed by atoms with Gasteiger partial charge in [0.25, 0.3) is 0 Å². The minimum atomic E-state index is -1.41. The summed E-state index contributed by atoms with van der Waals surface area (Å²) in [6.45, 7) is 4.03. The molecule has 3 fully saturated rings. The molecule has 1 N–H and O–H groups in total. The number of ether oxygens (including phenoxy) is 6. The second-order valence-corrected chi connectivity index (χ2v) is 11.1. The minimum absolute atomic E-state index is 0.121. The Morgan fingerprint density at radius 1 is 0.973 bits per heavy atom. The number of carbonyl (C=O) groups is 3. The van der Waals surface area contributed by atoms with E-state index in [4.69, 9.17) is 30.1 Å².